The zero-order valence-electron chi connectivity index (χ0n) is 18.2. The average Bonchev–Trinajstić information content (AvgIpc) is 3.36. The third-order valence-corrected chi connectivity index (χ3v) is 5.84. The molecular weight excluding hydrogens is 426 g/mol. The Morgan fingerprint density at radius 1 is 1.18 bits per heavy atom. The molecule has 174 valence electrons. The monoisotopic (exact) mass is 453 g/mol. The molecule has 2 heterocycles. The summed E-state index contributed by atoms with van der Waals surface area (Å²) in [5.41, 5.74) is 1.90. The van der Waals surface area contributed by atoms with Crippen molar-refractivity contribution >= 4 is 29.0 Å². The maximum absolute atomic E-state index is 11.3. The van der Waals surface area contributed by atoms with Crippen molar-refractivity contribution in [2.24, 2.45) is 4.99 Å². The van der Waals surface area contributed by atoms with Crippen molar-refractivity contribution in [1.29, 1.82) is 0 Å². The maximum Gasteiger partial charge on any atom is 0.335 e. The van der Waals surface area contributed by atoms with Gasteiger partial charge in [0.05, 0.1) is 23.1 Å². The van der Waals surface area contributed by atoms with Gasteiger partial charge in [0.1, 0.15) is 0 Å². The first-order chi connectivity index (χ1) is 16.0. The molecule has 4 rings (SSSR count). The SMILES string of the molecule is O=C(O)c1cccc(NC(=NC[C@@H]2CCCO2)N2CCN(c3ccc([N+](=O)[O-])cc3)CC2)c1. The van der Waals surface area contributed by atoms with E-state index >= 15 is 0 Å². The summed E-state index contributed by atoms with van der Waals surface area (Å²) in [4.78, 5) is 31.0. The molecule has 0 radical (unpaired) electrons. The van der Waals surface area contributed by atoms with Gasteiger partial charge in [-0.3, -0.25) is 15.1 Å². The van der Waals surface area contributed by atoms with Gasteiger partial charge in [-0.1, -0.05) is 6.07 Å². The second-order valence-electron chi connectivity index (χ2n) is 8.06. The number of carboxylic acid groups (broad SMARTS) is 1. The average molecular weight is 453 g/mol. The first-order valence-corrected chi connectivity index (χ1v) is 11.0. The van der Waals surface area contributed by atoms with Gasteiger partial charge in [0.15, 0.2) is 5.96 Å². The van der Waals surface area contributed by atoms with E-state index in [1.807, 2.05) is 6.07 Å². The lowest BCUT2D eigenvalue weighted by Crippen LogP contribution is -2.51. The highest BCUT2D eigenvalue weighted by atomic mass is 16.6. The fourth-order valence-electron chi connectivity index (χ4n) is 4.02. The highest BCUT2D eigenvalue weighted by molar-refractivity contribution is 5.96. The summed E-state index contributed by atoms with van der Waals surface area (Å²) in [6.07, 6.45) is 2.13. The quantitative estimate of drug-likeness (QED) is 0.296. The highest BCUT2D eigenvalue weighted by Gasteiger charge is 2.22. The molecule has 2 aromatic carbocycles. The lowest BCUT2D eigenvalue weighted by molar-refractivity contribution is -0.384. The van der Waals surface area contributed by atoms with Crippen molar-refractivity contribution in [2.45, 2.75) is 18.9 Å². The number of nitro benzene ring substituents is 1. The Kier molecular flexibility index (Phi) is 7.04. The number of benzene rings is 2. The lowest BCUT2D eigenvalue weighted by Gasteiger charge is -2.37. The van der Waals surface area contributed by atoms with Crippen LogP contribution in [0.1, 0.15) is 23.2 Å². The van der Waals surface area contributed by atoms with E-state index in [0.717, 1.165) is 38.2 Å². The van der Waals surface area contributed by atoms with Crippen LogP contribution in [-0.4, -0.2) is 72.3 Å². The second-order valence-corrected chi connectivity index (χ2v) is 8.06. The predicted molar refractivity (Wildman–Crippen MR) is 125 cm³/mol. The van der Waals surface area contributed by atoms with Crippen molar-refractivity contribution in [3.05, 3.63) is 64.2 Å². The summed E-state index contributed by atoms with van der Waals surface area (Å²) in [6.45, 7) is 4.17. The number of guanidine groups is 1. The molecule has 0 aliphatic carbocycles. The van der Waals surface area contributed by atoms with E-state index in [9.17, 15) is 20.0 Å². The number of carboxylic acids is 1. The van der Waals surface area contributed by atoms with Crippen LogP contribution in [0.2, 0.25) is 0 Å². The Labute approximate surface area is 191 Å². The number of hydrogen-bond donors (Lipinski definition) is 2. The minimum Gasteiger partial charge on any atom is -0.478 e. The molecule has 10 nitrogen and oxygen atoms in total. The number of ether oxygens (including phenoxy) is 1. The van der Waals surface area contributed by atoms with Gasteiger partial charge < -0.3 is 25.0 Å². The molecule has 0 aromatic heterocycles. The van der Waals surface area contributed by atoms with Crippen LogP contribution in [-0.2, 0) is 4.74 Å². The van der Waals surface area contributed by atoms with Crippen molar-refractivity contribution in [3.8, 4) is 0 Å². The molecule has 10 heteroatoms. The highest BCUT2D eigenvalue weighted by Crippen LogP contribution is 2.21. The number of rotatable bonds is 6. The van der Waals surface area contributed by atoms with Crippen LogP contribution in [0.3, 0.4) is 0 Å². The van der Waals surface area contributed by atoms with E-state index in [2.05, 4.69) is 15.1 Å². The third kappa shape index (κ3) is 5.78. The minimum atomic E-state index is -0.979. The smallest absolute Gasteiger partial charge is 0.335 e. The van der Waals surface area contributed by atoms with Gasteiger partial charge in [0, 0.05) is 56.3 Å². The number of carbonyl (C=O) groups is 1. The first-order valence-electron chi connectivity index (χ1n) is 11.0. The number of anilines is 2. The van der Waals surface area contributed by atoms with Gasteiger partial charge >= 0.3 is 5.97 Å². The molecule has 33 heavy (non-hydrogen) atoms. The van der Waals surface area contributed by atoms with Crippen LogP contribution >= 0.6 is 0 Å². The largest absolute Gasteiger partial charge is 0.478 e. The van der Waals surface area contributed by atoms with E-state index < -0.39 is 10.9 Å². The molecule has 2 N–H and O–H groups in total. The summed E-state index contributed by atoms with van der Waals surface area (Å²) >= 11 is 0. The van der Waals surface area contributed by atoms with E-state index in [1.165, 1.54) is 12.1 Å². The molecule has 0 unspecified atom stereocenters. The second kappa shape index (κ2) is 10.3. The molecule has 2 aliphatic heterocycles. The number of nitro groups is 1. The summed E-state index contributed by atoms with van der Waals surface area (Å²) < 4.78 is 5.71. The van der Waals surface area contributed by atoms with Gasteiger partial charge in [-0.05, 0) is 43.2 Å². The number of hydrogen-bond acceptors (Lipinski definition) is 6. The van der Waals surface area contributed by atoms with Crippen LogP contribution < -0.4 is 10.2 Å². The van der Waals surface area contributed by atoms with E-state index in [1.54, 1.807) is 30.3 Å². The van der Waals surface area contributed by atoms with E-state index in [-0.39, 0.29) is 17.4 Å². The van der Waals surface area contributed by atoms with Gasteiger partial charge in [-0.15, -0.1) is 0 Å². The topological polar surface area (TPSA) is 121 Å². The molecule has 1 atom stereocenters. The molecule has 0 spiro atoms. The van der Waals surface area contributed by atoms with Crippen LogP contribution in [0, 0.1) is 10.1 Å². The number of non-ortho nitro benzene ring substituents is 1. The van der Waals surface area contributed by atoms with Gasteiger partial charge in [0.25, 0.3) is 5.69 Å². The first kappa shape index (κ1) is 22.5. The fourth-order valence-corrected chi connectivity index (χ4v) is 4.02. The Bertz CT molecular complexity index is 1010. The van der Waals surface area contributed by atoms with Crippen LogP contribution in [0.25, 0.3) is 0 Å². The zero-order valence-corrected chi connectivity index (χ0v) is 18.2. The van der Waals surface area contributed by atoms with Crippen molar-refractivity contribution in [1.82, 2.24) is 4.90 Å². The Morgan fingerprint density at radius 3 is 2.58 bits per heavy atom. The summed E-state index contributed by atoms with van der Waals surface area (Å²) in [6, 6.07) is 13.3. The Balaban J connectivity index is 1.45. The van der Waals surface area contributed by atoms with Crippen LogP contribution in [0.4, 0.5) is 17.1 Å². The van der Waals surface area contributed by atoms with Gasteiger partial charge in [0.2, 0.25) is 0 Å². The lowest BCUT2D eigenvalue weighted by atomic mass is 10.2. The summed E-state index contributed by atoms with van der Waals surface area (Å²) in [5, 5.41) is 23.5. The van der Waals surface area contributed by atoms with Gasteiger partial charge in [-0.2, -0.15) is 0 Å². The molecular formula is C23H27N5O5. The summed E-state index contributed by atoms with van der Waals surface area (Å²) in [7, 11) is 0. The number of nitrogens with zero attached hydrogens (tertiary/aromatic N) is 4. The Morgan fingerprint density at radius 2 is 1.94 bits per heavy atom. The Hall–Kier alpha value is -3.66. The zero-order chi connectivity index (χ0) is 23.2. The minimum absolute atomic E-state index is 0.0775. The summed E-state index contributed by atoms with van der Waals surface area (Å²) in [5.74, 6) is -0.287. The number of aliphatic imine (C=N–C) groups is 1. The molecule has 0 bridgehead atoms. The molecule has 2 fully saturated rings. The van der Waals surface area contributed by atoms with E-state index in [0.29, 0.717) is 31.3 Å². The van der Waals surface area contributed by atoms with E-state index in [4.69, 9.17) is 9.73 Å². The maximum atomic E-state index is 11.3. The molecule has 0 amide bonds. The van der Waals surface area contributed by atoms with Crippen molar-refractivity contribution < 1.29 is 19.6 Å². The molecule has 2 saturated heterocycles. The van der Waals surface area contributed by atoms with Crippen molar-refractivity contribution in [3.63, 3.8) is 0 Å². The number of nitrogens with one attached hydrogen (secondary N) is 1. The third-order valence-electron chi connectivity index (χ3n) is 5.84. The molecule has 0 saturated carbocycles. The predicted octanol–water partition coefficient (Wildman–Crippen LogP) is 3.06. The fraction of sp³-hybridized carbons (Fsp3) is 0.391. The normalized spacial score (nSPS) is 18.9. The van der Waals surface area contributed by atoms with Crippen LogP contribution in [0.5, 0.6) is 0 Å². The number of piperazine rings is 1. The molecule has 2 aliphatic rings. The standard InChI is InChI=1S/C23H27N5O5/c29-22(30)17-3-1-4-18(15-17)25-23(24-16-21-5-2-14-33-21)27-12-10-26(11-13-27)19-6-8-20(9-7-19)28(31)32/h1,3-4,6-9,15,21H,2,5,10-14,16H2,(H,24,25)(H,29,30)/t21-/m0/s1. The number of aromatic carboxylic acids is 1. The van der Waals surface area contributed by atoms with Gasteiger partial charge in [-0.25, -0.2) is 4.79 Å². The van der Waals surface area contributed by atoms with Crippen molar-refractivity contribution in [2.75, 3.05) is 49.5 Å². The molecule has 2 aromatic rings. The van der Waals surface area contributed by atoms with Crippen LogP contribution in [0.15, 0.2) is 53.5 Å².